The van der Waals surface area contributed by atoms with E-state index in [1.165, 1.54) is 6.92 Å². The fraction of sp³-hybridized carbons (Fsp3) is 0.385. The van der Waals surface area contributed by atoms with Crippen LogP contribution in [0.5, 0.6) is 5.75 Å². The molecule has 0 saturated carbocycles. The highest BCUT2D eigenvalue weighted by Crippen LogP contribution is 2.30. The van der Waals surface area contributed by atoms with Crippen LogP contribution in [0.15, 0.2) is 24.3 Å². The van der Waals surface area contributed by atoms with Crippen LogP contribution in [0.4, 0.5) is 0 Å². The second-order valence-corrected chi connectivity index (χ2v) is 3.61. The summed E-state index contributed by atoms with van der Waals surface area (Å²) in [4.78, 5) is 11.1. The SMILES string of the molecule is CC[C@@](C#N)(OC(C)=O)c1ccc(OC)cc1. The predicted octanol–water partition coefficient (Wildman–Crippen LogP) is 2.39. The Morgan fingerprint density at radius 2 is 2.00 bits per heavy atom. The van der Waals surface area contributed by atoms with Gasteiger partial charge < -0.3 is 9.47 Å². The van der Waals surface area contributed by atoms with Crippen LogP contribution in [-0.4, -0.2) is 13.1 Å². The number of esters is 1. The van der Waals surface area contributed by atoms with Gasteiger partial charge in [0.2, 0.25) is 5.60 Å². The minimum Gasteiger partial charge on any atom is -0.497 e. The molecule has 0 aliphatic carbocycles. The molecule has 0 spiro atoms. The van der Waals surface area contributed by atoms with E-state index in [4.69, 9.17) is 9.47 Å². The van der Waals surface area contributed by atoms with Gasteiger partial charge in [-0.05, 0) is 12.1 Å². The van der Waals surface area contributed by atoms with E-state index in [2.05, 4.69) is 6.07 Å². The maximum Gasteiger partial charge on any atom is 0.304 e. The number of rotatable bonds is 4. The number of hydrogen-bond acceptors (Lipinski definition) is 4. The highest BCUT2D eigenvalue weighted by Gasteiger charge is 2.33. The molecule has 1 aromatic rings. The van der Waals surface area contributed by atoms with Crippen LogP contribution in [-0.2, 0) is 15.1 Å². The number of nitrogens with zero attached hydrogens (tertiary/aromatic N) is 1. The molecule has 0 saturated heterocycles. The van der Waals surface area contributed by atoms with E-state index in [1.54, 1.807) is 38.3 Å². The number of hydrogen-bond donors (Lipinski definition) is 0. The van der Waals surface area contributed by atoms with Crippen molar-refractivity contribution in [2.24, 2.45) is 0 Å². The molecule has 0 N–H and O–H groups in total. The summed E-state index contributed by atoms with van der Waals surface area (Å²) >= 11 is 0. The normalized spacial score (nSPS) is 13.3. The lowest BCUT2D eigenvalue weighted by atomic mass is 9.92. The van der Waals surface area contributed by atoms with Gasteiger partial charge in [0.15, 0.2) is 0 Å². The molecule has 1 aromatic carbocycles. The Balaban J connectivity index is 3.13. The number of carbonyl (C=O) groups excluding carboxylic acids is 1. The topological polar surface area (TPSA) is 59.3 Å². The molecular formula is C13H15NO3. The largest absolute Gasteiger partial charge is 0.497 e. The Kier molecular flexibility index (Phi) is 4.11. The predicted molar refractivity (Wildman–Crippen MR) is 62.3 cm³/mol. The molecule has 4 heteroatoms. The Morgan fingerprint density at radius 3 is 2.35 bits per heavy atom. The van der Waals surface area contributed by atoms with Crippen LogP contribution in [0.2, 0.25) is 0 Å². The van der Waals surface area contributed by atoms with Crippen molar-refractivity contribution in [1.29, 1.82) is 5.26 Å². The van der Waals surface area contributed by atoms with Crippen molar-refractivity contribution >= 4 is 5.97 Å². The first kappa shape index (κ1) is 13.0. The molecule has 0 amide bonds. The summed E-state index contributed by atoms with van der Waals surface area (Å²) in [7, 11) is 1.57. The highest BCUT2D eigenvalue weighted by molar-refractivity contribution is 5.67. The van der Waals surface area contributed by atoms with Crippen molar-refractivity contribution in [2.45, 2.75) is 25.9 Å². The summed E-state index contributed by atoms with van der Waals surface area (Å²) < 4.78 is 10.2. The summed E-state index contributed by atoms with van der Waals surface area (Å²) in [6, 6.07) is 9.00. The molecule has 0 aliphatic rings. The number of nitriles is 1. The van der Waals surface area contributed by atoms with Crippen LogP contribution in [0.1, 0.15) is 25.8 Å². The number of carbonyl (C=O) groups is 1. The molecule has 1 atom stereocenters. The van der Waals surface area contributed by atoms with Crippen molar-refractivity contribution in [3.8, 4) is 11.8 Å². The second-order valence-electron chi connectivity index (χ2n) is 3.61. The highest BCUT2D eigenvalue weighted by atomic mass is 16.6. The third-order valence-corrected chi connectivity index (χ3v) is 2.55. The summed E-state index contributed by atoms with van der Waals surface area (Å²) in [5.74, 6) is 0.226. The first-order chi connectivity index (χ1) is 8.07. The van der Waals surface area contributed by atoms with Gasteiger partial charge in [-0.25, -0.2) is 0 Å². The van der Waals surface area contributed by atoms with E-state index in [-0.39, 0.29) is 0 Å². The zero-order valence-corrected chi connectivity index (χ0v) is 10.2. The van der Waals surface area contributed by atoms with Crippen molar-refractivity contribution in [2.75, 3.05) is 7.11 Å². The van der Waals surface area contributed by atoms with Crippen molar-refractivity contribution in [1.82, 2.24) is 0 Å². The first-order valence-corrected chi connectivity index (χ1v) is 5.33. The van der Waals surface area contributed by atoms with Gasteiger partial charge in [-0.15, -0.1) is 0 Å². The number of ether oxygens (including phenoxy) is 2. The zero-order chi connectivity index (χ0) is 12.9. The number of benzene rings is 1. The van der Waals surface area contributed by atoms with Gasteiger partial charge in [0.1, 0.15) is 11.8 Å². The van der Waals surface area contributed by atoms with Crippen LogP contribution in [0.25, 0.3) is 0 Å². The summed E-state index contributed by atoms with van der Waals surface area (Å²) in [6.45, 7) is 3.10. The van der Waals surface area contributed by atoms with Gasteiger partial charge in [-0.3, -0.25) is 4.79 Å². The lowest BCUT2D eigenvalue weighted by Gasteiger charge is -2.25. The Labute approximate surface area is 101 Å². The van der Waals surface area contributed by atoms with Gasteiger partial charge in [-0.2, -0.15) is 5.26 Å². The number of methoxy groups -OCH3 is 1. The van der Waals surface area contributed by atoms with Gasteiger partial charge in [0, 0.05) is 18.9 Å². The lowest BCUT2D eigenvalue weighted by Crippen LogP contribution is -2.29. The fourth-order valence-corrected chi connectivity index (χ4v) is 1.61. The second kappa shape index (κ2) is 5.35. The van der Waals surface area contributed by atoms with E-state index in [0.29, 0.717) is 17.7 Å². The van der Waals surface area contributed by atoms with E-state index < -0.39 is 11.6 Å². The molecule has 1 rings (SSSR count). The van der Waals surface area contributed by atoms with Crippen molar-refractivity contribution in [3.05, 3.63) is 29.8 Å². The third kappa shape index (κ3) is 2.76. The van der Waals surface area contributed by atoms with Gasteiger partial charge in [-0.1, -0.05) is 19.1 Å². The van der Waals surface area contributed by atoms with Crippen molar-refractivity contribution in [3.63, 3.8) is 0 Å². The molecule has 0 aliphatic heterocycles. The van der Waals surface area contributed by atoms with Gasteiger partial charge >= 0.3 is 5.97 Å². The third-order valence-electron chi connectivity index (χ3n) is 2.55. The Bertz CT molecular complexity index is 433. The van der Waals surface area contributed by atoms with Crippen LogP contribution in [0.3, 0.4) is 0 Å². The van der Waals surface area contributed by atoms with E-state index >= 15 is 0 Å². The average Bonchev–Trinajstić information content (AvgIpc) is 2.36. The van der Waals surface area contributed by atoms with Gasteiger partial charge in [0.05, 0.1) is 7.11 Å². The zero-order valence-electron chi connectivity index (χ0n) is 10.2. The molecule has 90 valence electrons. The van der Waals surface area contributed by atoms with E-state index in [0.717, 1.165) is 0 Å². The summed E-state index contributed by atoms with van der Waals surface area (Å²) in [5.41, 5.74) is -0.559. The minimum absolute atomic E-state index is 0.398. The van der Waals surface area contributed by atoms with Crippen LogP contribution >= 0.6 is 0 Å². The molecule has 0 aromatic heterocycles. The van der Waals surface area contributed by atoms with Gasteiger partial charge in [0.25, 0.3) is 0 Å². The Morgan fingerprint density at radius 1 is 1.41 bits per heavy atom. The maximum atomic E-state index is 11.1. The summed E-state index contributed by atoms with van der Waals surface area (Å²) in [5, 5.41) is 9.25. The molecule has 0 radical (unpaired) electrons. The molecule has 0 unspecified atom stereocenters. The fourth-order valence-electron chi connectivity index (χ4n) is 1.61. The smallest absolute Gasteiger partial charge is 0.304 e. The quantitative estimate of drug-likeness (QED) is 0.749. The van der Waals surface area contributed by atoms with Crippen LogP contribution in [0, 0.1) is 11.3 Å². The van der Waals surface area contributed by atoms with Crippen molar-refractivity contribution < 1.29 is 14.3 Å². The maximum absolute atomic E-state index is 11.1. The first-order valence-electron chi connectivity index (χ1n) is 5.33. The monoisotopic (exact) mass is 233 g/mol. The van der Waals surface area contributed by atoms with Crippen LogP contribution < -0.4 is 4.74 Å². The van der Waals surface area contributed by atoms with E-state index in [1.807, 2.05) is 0 Å². The molecule has 0 fully saturated rings. The molecule has 0 bridgehead atoms. The summed E-state index contributed by atoms with van der Waals surface area (Å²) in [6.07, 6.45) is 0.398. The standard InChI is InChI=1S/C13H15NO3/c1-4-13(9-14,17-10(2)15)11-5-7-12(16-3)8-6-11/h5-8H,4H2,1-3H3/t13-/m0/s1. The average molecular weight is 233 g/mol. The molecule has 0 heterocycles. The molecular weight excluding hydrogens is 218 g/mol. The minimum atomic E-state index is -1.21. The van der Waals surface area contributed by atoms with E-state index in [9.17, 15) is 10.1 Å². The Hall–Kier alpha value is -2.02. The molecule has 17 heavy (non-hydrogen) atoms. The molecule has 4 nitrogen and oxygen atoms in total. The lowest BCUT2D eigenvalue weighted by molar-refractivity contribution is -0.152.